The first kappa shape index (κ1) is 15.5. The average Bonchev–Trinajstić information content (AvgIpc) is 3.20. The van der Waals surface area contributed by atoms with E-state index in [2.05, 4.69) is 25.8 Å². The highest BCUT2D eigenvalue weighted by molar-refractivity contribution is 7.15. The number of rotatable bonds is 6. The molecule has 3 aromatic rings. The summed E-state index contributed by atoms with van der Waals surface area (Å²) in [6.45, 7) is 0.376. The molecule has 0 aliphatic carbocycles. The number of thiazole rings is 1. The van der Waals surface area contributed by atoms with E-state index in [1.807, 2.05) is 11.4 Å². The molecule has 118 valence electrons. The first-order valence-corrected chi connectivity index (χ1v) is 8.33. The van der Waals surface area contributed by atoms with Gasteiger partial charge in [-0.05, 0) is 18.2 Å². The lowest BCUT2D eigenvalue weighted by Gasteiger charge is -2.05. The van der Waals surface area contributed by atoms with E-state index in [0.29, 0.717) is 22.3 Å². The van der Waals surface area contributed by atoms with Crippen LogP contribution in [0.25, 0.3) is 0 Å². The summed E-state index contributed by atoms with van der Waals surface area (Å²) < 4.78 is 4.98. The smallest absolute Gasteiger partial charge is 0.257 e. The standard InChI is InChI=1S/C14H13N5O2S2/c1-21-8-11-18-19-14(23-11)17-12(20)9-3-2-4-10(7-9)16-13-15-5-6-22-13/h2-7H,8H2,1H3,(H,15,16)(H,17,19,20). The maximum atomic E-state index is 12.3. The minimum atomic E-state index is -0.243. The summed E-state index contributed by atoms with van der Waals surface area (Å²) >= 11 is 2.78. The molecule has 0 aliphatic rings. The normalized spacial score (nSPS) is 10.5. The molecule has 0 atom stereocenters. The Morgan fingerprint density at radius 1 is 1.30 bits per heavy atom. The highest BCUT2D eigenvalue weighted by Gasteiger charge is 2.11. The fourth-order valence-electron chi connectivity index (χ4n) is 1.80. The molecule has 0 unspecified atom stereocenters. The lowest BCUT2D eigenvalue weighted by atomic mass is 10.2. The van der Waals surface area contributed by atoms with Crippen LogP contribution in [-0.2, 0) is 11.3 Å². The number of hydrogen-bond donors (Lipinski definition) is 2. The van der Waals surface area contributed by atoms with E-state index in [9.17, 15) is 4.79 Å². The Labute approximate surface area is 140 Å². The van der Waals surface area contributed by atoms with E-state index >= 15 is 0 Å². The second-order valence-electron chi connectivity index (χ2n) is 4.43. The van der Waals surface area contributed by atoms with Gasteiger partial charge in [0.1, 0.15) is 11.6 Å². The Balaban J connectivity index is 1.69. The van der Waals surface area contributed by atoms with E-state index in [-0.39, 0.29) is 5.91 Å². The second-order valence-corrected chi connectivity index (χ2v) is 6.39. The van der Waals surface area contributed by atoms with Gasteiger partial charge in [-0.15, -0.1) is 21.5 Å². The lowest BCUT2D eigenvalue weighted by Crippen LogP contribution is -2.11. The SMILES string of the molecule is COCc1nnc(NC(=O)c2cccc(Nc3nccs3)c2)s1. The van der Waals surface area contributed by atoms with Gasteiger partial charge in [-0.3, -0.25) is 10.1 Å². The molecule has 0 fully saturated rings. The van der Waals surface area contributed by atoms with E-state index in [1.165, 1.54) is 22.7 Å². The van der Waals surface area contributed by atoms with Crippen molar-refractivity contribution >= 4 is 44.5 Å². The summed E-state index contributed by atoms with van der Waals surface area (Å²) in [6, 6.07) is 7.18. The lowest BCUT2D eigenvalue weighted by molar-refractivity contribution is 0.102. The predicted octanol–water partition coefficient (Wildman–Crippen LogP) is 3.14. The van der Waals surface area contributed by atoms with E-state index in [1.54, 1.807) is 31.5 Å². The van der Waals surface area contributed by atoms with Crippen LogP contribution in [0.2, 0.25) is 0 Å². The number of amides is 1. The zero-order chi connectivity index (χ0) is 16.1. The van der Waals surface area contributed by atoms with Gasteiger partial charge in [0.25, 0.3) is 5.91 Å². The summed E-state index contributed by atoms with van der Waals surface area (Å²) in [5, 5.41) is 17.5. The molecule has 1 amide bonds. The van der Waals surface area contributed by atoms with Crippen LogP contribution in [0.1, 0.15) is 15.4 Å². The molecule has 9 heteroatoms. The molecule has 0 radical (unpaired) electrons. The zero-order valence-electron chi connectivity index (χ0n) is 12.1. The summed E-state index contributed by atoms with van der Waals surface area (Å²) in [6.07, 6.45) is 1.72. The minimum Gasteiger partial charge on any atom is -0.377 e. The number of anilines is 3. The van der Waals surface area contributed by atoms with Gasteiger partial charge in [0, 0.05) is 29.9 Å². The Hall–Kier alpha value is -2.36. The topological polar surface area (TPSA) is 89.0 Å². The molecular formula is C14H13N5O2S2. The van der Waals surface area contributed by atoms with E-state index in [4.69, 9.17) is 4.74 Å². The average molecular weight is 347 g/mol. The van der Waals surface area contributed by atoms with Crippen LogP contribution < -0.4 is 10.6 Å². The highest BCUT2D eigenvalue weighted by Crippen LogP contribution is 2.21. The first-order chi connectivity index (χ1) is 11.2. The summed E-state index contributed by atoms with van der Waals surface area (Å²) in [7, 11) is 1.58. The van der Waals surface area contributed by atoms with Crippen LogP contribution in [0.4, 0.5) is 16.0 Å². The molecule has 0 bridgehead atoms. The van der Waals surface area contributed by atoms with Crippen LogP contribution in [-0.4, -0.2) is 28.2 Å². The molecule has 2 aromatic heterocycles. The van der Waals surface area contributed by atoms with Crippen molar-refractivity contribution in [2.24, 2.45) is 0 Å². The van der Waals surface area contributed by atoms with Crippen molar-refractivity contribution < 1.29 is 9.53 Å². The fourth-order valence-corrected chi connectivity index (χ4v) is 3.06. The van der Waals surface area contributed by atoms with Crippen molar-refractivity contribution in [2.45, 2.75) is 6.61 Å². The van der Waals surface area contributed by atoms with Crippen LogP contribution in [0.5, 0.6) is 0 Å². The molecule has 7 nitrogen and oxygen atoms in total. The van der Waals surface area contributed by atoms with E-state index in [0.717, 1.165) is 10.8 Å². The number of hydrogen-bond acceptors (Lipinski definition) is 8. The first-order valence-electron chi connectivity index (χ1n) is 6.64. The third-order valence-corrected chi connectivity index (χ3v) is 4.26. The molecule has 0 spiro atoms. The van der Waals surface area contributed by atoms with Crippen molar-refractivity contribution in [1.29, 1.82) is 0 Å². The Morgan fingerprint density at radius 2 is 2.22 bits per heavy atom. The second kappa shape index (κ2) is 7.27. The number of benzene rings is 1. The van der Waals surface area contributed by atoms with Crippen LogP contribution in [0.15, 0.2) is 35.8 Å². The maximum absolute atomic E-state index is 12.3. The van der Waals surface area contributed by atoms with Gasteiger partial charge in [-0.25, -0.2) is 4.98 Å². The van der Waals surface area contributed by atoms with Gasteiger partial charge in [-0.1, -0.05) is 17.4 Å². The number of nitrogens with one attached hydrogen (secondary N) is 2. The molecule has 2 N–H and O–H groups in total. The van der Waals surface area contributed by atoms with Crippen LogP contribution in [0, 0.1) is 0 Å². The number of carbonyl (C=O) groups excluding carboxylic acids is 1. The number of methoxy groups -OCH3 is 1. The van der Waals surface area contributed by atoms with Gasteiger partial charge in [0.15, 0.2) is 5.13 Å². The number of aromatic nitrogens is 3. The largest absolute Gasteiger partial charge is 0.377 e. The van der Waals surface area contributed by atoms with Gasteiger partial charge in [-0.2, -0.15) is 0 Å². The van der Waals surface area contributed by atoms with E-state index < -0.39 is 0 Å². The summed E-state index contributed by atoms with van der Waals surface area (Å²) in [4.78, 5) is 16.4. The summed E-state index contributed by atoms with van der Waals surface area (Å²) in [5.74, 6) is -0.243. The Bertz CT molecular complexity index is 788. The quantitative estimate of drug-likeness (QED) is 0.712. The highest BCUT2D eigenvalue weighted by atomic mass is 32.1. The van der Waals surface area contributed by atoms with Crippen molar-refractivity contribution in [2.75, 3.05) is 17.7 Å². The van der Waals surface area contributed by atoms with Gasteiger partial charge in [0.05, 0.1) is 0 Å². The predicted molar refractivity (Wildman–Crippen MR) is 90.4 cm³/mol. The van der Waals surface area contributed by atoms with Crippen molar-refractivity contribution in [1.82, 2.24) is 15.2 Å². The minimum absolute atomic E-state index is 0.243. The van der Waals surface area contributed by atoms with Gasteiger partial charge >= 0.3 is 0 Å². The molecule has 1 aromatic carbocycles. The van der Waals surface area contributed by atoms with Crippen molar-refractivity contribution in [3.05, 3.63) is 46.4 Å². The Morgan fingerprint density at radius 3 is 3.00 bits per heavy atom. The molecule has 3 rings (SSSR count). The van der Waals surface area contributed by atoms with Gasteiger partial charge in [0.2, 0.25) is 5.13 Å². The molecule has 0 saturated heterocycles. The molecule has 0 saturated carbocycles. The van der Waals surface area contributed by atoms with Crippen LogP contribution >= 0.6 is 22.7 Å². The third-order valence-electron chi connectivity index (χ3n) is 2.76. The third kappa shape index (κ3) is 4.09. The maximum Gasteiger partial charge on any atom is 0.257 e. The molecule has 23 heavy (non-hydrogen) atoms. The van der Waals surface area contributed by atoms with Crippen molar-refractivity contribution in [3.8, 4) is 0 Å². The fraction of sp³-hybridized carbons (Fsp3) is 0.143. The molecular weight excluding hydrogens is 334 g/mol. The zero-order valence-corrected chi connectivity index (χ0v) is 13.8. The monoisotopic (exact) mass is 347 g/mol. The number of nitrogens with zero attached hydrogens (tertiary/aromatic N) is 3. The number of ether oxygens (including phenoxy) is 1. The van der Waals surface area contributed by atoms with Crippen LogP contribution in [0.3, 0.4) is 0 Å². The van der Waals surface area contributed by atoms with Gasteiger partial charge < -0.3 is 10.1 Å². The summed E-state index contributed by atoms with van der Waals surface area (Å²) in [5.41, 5.74) is 1.32. The Kier molecular flexibility index (Phi) is 4.91. The molecule has 0 aliphatic heterocycles. The number of carbonyl (C=O) groups is 1. The van der Waals surface area contributed by atoms with Crippen molar-refractivity contribution in [3.63, 3.8) is 0 Å². The molecule has 2 heterocycles.